The van der Waals surface area contributed by atoms with Gasteiger partial charge in [0, 0.05) is 6.54 Å². The number of nitrogens with one attached hydrogen (secondary N) is 2. The second-order valence-corrected chi connectivity index (χ2v) is 7.98. The molecule has 0 aliphatic carbocycles. The van der Waals surface area contributed by atoms with Crippen LogP contribution in [0.1, 0.15) is 5.56 Å². The van der Waals surface area contributed by atoms with E-state index in [9.17, 15) is 39.2 Å². The fraction of sp³-hybridized carbons (Fsp3) is 0.364. The molecular weight excluding hydrogens is 396 g/mol. The summed E-state index contributed by atoms with van der Waals surface area (Å²) in [6.07, 6.45) is -5.04. The standard InChI is InChI=1S/C11H12F4N2O6S2/c12-7-1-2-9(8(5-7)11(13,14)15)17-24(19,20)6-10(18)16-3-4-25(21,22)23/h1-2,5,17H,3-4,6H2,(H,16,18)(H,21,22,23). The number of anilines is 1. The van der Waals surface area contributed by atoms with Crippen LogP contribution in [0.15, 0.2) is 18.2 Å². The fourth-order valence-corrected chi connectivity index (χ4v) is 2.98. The molecule has 0 radical (unpaired) electrons. The van der Waals surface area contributed by atoms with E-state index >= 15 is 0 Å². The molecule has 0 unspecified atom stereocenters. The first-order valence-electron chi connectivity index (χ1n) is 6.29. The number of hydrogen-bond acceptors (Lipinski definition) is 5. The van der Waals surface area contributed by atoms with Crippen LogP contribution < -0.4 is 10.0 Å². The maximum absolute atomic E-state index is 12.9. The van der Waals surface area contributed by atoms with E-state index in [1.54, 1.807) is 0 Å². The van der Waals surface area contributed by atoms with Crippen molar-refractivity contribution in [2.75, 3.05) is 22.8 Å². The maximum atomic E-state index is 12.9. The summed E-state index contributed by atoms with van der Waals surface area (Å²) in [6.45, 7) is -0.600. The first-order valence-corrected chi connectivity index (χ1v) is 9.55. The van der Waals surface area contributed by atoms with Gasteiger partial charge >= 0.3 is 6.18 Å². The second kappa shape index (κ2) is 7.53. The molecule has 1 aromatic carbocycles. The van der Waals surface area contributed by atoms with Crippen molar-refractivity contribution in [2.45, 2.75) is 6.18 Å². The number of sulfonamides is 1. The van der Waals surface area contributed by atoms with E-state index in [1.807, 2.05) is 5.32 Å². The average Bonchev–Trinajstić information content (AvgIpc) is 2.37. The summed E-state index contributed by atoms with van der Waals surface area (Å²) in [5.41, 5.74) is -2.55. The Balaban J connectivity index is 2.84. The zero-order valence-electron chi connectivity index (χ0n) is 12.2. The number of carbonyl (C=O) groups excluding carboxylic acids is 1. The van der Waals surface area contributed by atoms with Gasteiger partial charge in [-0.25, -0.2) is 12.8 Å². The number of rotatable bonds is 7. The van der Waals surface area contributed by atoms with Crippen molar-refractivity contribution in [1.82, 2.24) is 5.32 Å². The predicted octanol–water partition coefficient (Wildman–Crippen LogP) is 0.590. The number of hydrogen-bond donors (Lipinski definition) is 3. The molecular formula is C11H12F4N2O6S2. The highest BCUT2D eigenvalue weighted by molar-refractivity contribution is 7.93. The number of alkyl halides is 3. The fourth-order valence-electron chi connectivity index (χ4n) is 1.59. The first-order chi connectivity index (χ1) is 11.2. The van der Waals surface area contributed by atoms with E-state index in [2.05, 4.69) is 0 Å². The summed E-state index contributed by atoms with van der Waals surface area (Å²) in [6, 6.07) is 1.23. The van der Waals surface area contributed by atoms with E-state index < -0.39 is 67.3 Å². The van der Waals surface area contributed by atoms with E-state index in [0.29, 0.717) is 12.1 Å². The van der Waals surface area contributed by atoms with Gasteiger partial charge < -0.3 is 5.32 Å². The van der Waals surface area contributed by atoms with Gasteiger partial charge in [-0.2, -0.15) is 21.6 Å². The lowest BCUT2D eigenvalue weighted by atomic mass is 10.2. The lowest BCUT2D eigenvalue weighted by molar-refractivity contribution is -0.137. The van der Waals surface area contributed by atoms with Gasteiger partial charge in [-0.1, -0.05) is 0 Å². The highest BCUT2D eigenvalue weighted by Crippen LogP contribution is 2.35. The van der Waals surface area contributed by atoms with Crippen molar-refractivity contribution in [3.63, 3.8) is 0 Å². The highest BCUT2D eigenvalue weighted by atomic mass is 32.2. The van der Waals surface area contributed by atoms with Crippen molar-refractivity contribution >= 4 is 31.7 Å². The Morgan fingerprint density at radius 3 is 2.28 bits per heavy atom. The van der Waals surface area contributed by atoms with Crippen LogP contribution in [0, 0.1) is 5.82 Å². The normalized spacial score (nSPS) is 12.7. The van der Waals surface area contributed by atoms with Gasteiger partial charge in [0.05, 0.1) is 17.0 Å². The SMILES string of the molecule is O=C(CS(=O)(=O)Nc1ccc(F)cc1C(F)(F)F)NCCS(=O)(=O)O. The molecule has 1 rings (SSSR count). The predicted molar refractivity (Wildman–Crippen MR) is 78.2 cm³/mol. The molecule has 0 heterocycles. The number of carbonyl (C=O) groups is 1. The molecule has 0 aromatic heterocycles. The van der Waals surface area contributed by atoms with Crippen LogP contribution in [0.5, 0.6) is 0 Å². The molecule has 1 aromatic rings. The number of amides is 1. The van der Waals surface area contributed by atoms with Gasteiger partial charge in [-0.15, -0.1) is 0 Å². The smallest absolute Gasteiger partial charge is 0.354 e. The Bertz CT molecular complexity index is 852. The van der Waals surface area contributed by atoms with E-state index in [1.165, 1.54) is 4.72 Å². The lowest BCUT2D eigenvalue weighted by Gasteiger charge is -2.14. The Morgan fingerprint density at radius 1 is 1.16 bits per heavy atom. The van der Waals surface area contributed by atoms with Crippen LogP contribution in [0.4, 0.5) is 23.2 Å². The van der Waals surface area contributed by atoms with Crippen molar-refractivity contribution in [3.05, 3.63) is 29.6 Å². The molecule has 8 nitrogen and oxygen atoms in total. The third-order valence-electron chi connectivity index (χ3n) is 2.56. The Hall–Kier alpha value is -1.93. The molecule has 0 fully saturated rings. The molecule has 0 bridgehead atoms. The quantitative estimate of drug-likeness (QED) is 0.447. The third-order valence-corrected chi connectivity index (χ3v) is 4.45. The topological polar surface area (TPSA) is 130 Å². The summed E-state index contributed by atoms with van der Waals surface area (Å²) < 4.78 is 106. The lowest BCUT2D eigenvalue weighted by Crippen LogP contribution is -2.35. The van der Waals surface area contributed by atoms with Crippen molar-refractivity contribution in [2.24, 2.45) is 0 Å². The minimum atomic E-state index is -5.04. The summed E-state index contributed by atoms with van der Waals surface area (Å²) in [5, 5.41) is 1.86. The Morgan fingerprint density at radius 2 is 1.76 bits per heavy atom. The van der Waals surface area contributed by atoms with Gasteiger partial charge in [0.1, 0.15) is 11.6 Å². The third kappa shape index (κ3) is 7.66. The largest absolute Gasteiger partial charge is 0.418 e. The van der Waals surface area contributed by atoms with Crippen LogP contribution in [-0.4, -0.2) is 45.3 Å². The van der Waals surface area contributed by atoms with Crippen molar-refractivity contribution in [3.8, 4) is 0 Å². The summed E-state index contributed by atoms with van der Waals surface area (Å²) in [4.78, 5) is 11.4. The molecule has 0 atom stereocenters. The highest BCUT2D eigenvalue weighted by Gasteiger charge is 2.35. The average molecular weight is 408 g/mol. The maximum Gasteiger partial charge on any atom is 0.418 e. The monoisotopic (exact) mass is 408 g/mol. The Labute approximate surface area is 140 Å². The van der Waals surface area contributed by atoms with Gasteiger partial charge in [0.25, 0.3) is 10.1 Å². The number of benzene rings is 1. The van der Waals surface area contributed by atoms with Crippen LogP contribution >= 0.6 is 0 Å². The van der Waals surface area contributed by atoms with E-state index in [-0.39, 0.29) is 6.07 Å². The van der Waals surface area contributed by atoms with Crippen molar-refractivity contribution in [1.29, 1.82) is 0 Å². The zero-order valence-corrected chi connectivity index (χ0v) is 13.8. The molecule has 0 spiro atoms. The van der Waals surface area contributed by atoms with Crippen molar-refractivity contribution < 1.29 is 43.7 Å². The van der Waals surface area contributed by atoms with Gasteiger partial charge in [0.15, 0.2) is 0 Å². The molecule has 142 valence electrons. The van der Waals surface area contributed by atoms with E-state index in [4.69, 9.17) is 4.55 Å². The minimum absolute atomic E-state index is 0.0873. The molecule has 0 aliphatic heterocycles. The van der Waals surface area contributed by atoms with Gasteiger partial charge in [-0.3, -0.25) is 14.1 Å². The Kier molecular flexibility index (Phi) is 6.36. The van der Waals surface area contributed by atoms with Crippen LogP contribution in [-0.2, 0) is 31.1 Å². The van der Waals surface area contributed by atoms with E-state index in [0.717, 1.165) is 0 Å². The minimum Gasteiger partial charge on any atom is -0.354 e. The molecule has 1 amide bonds. The van der Waals surface area contributed by atoms with Gasteiger partial charge in [-0.05, 0) is 18.2 Å². The number of halogens is 4. The zero-order chi connectivity index (χ0) is 19.5. The molecule has 14 heteroatoms. The molecule has 0 saturated heterocycles. The van der Waals surface area contributed by atoms with Gasteiger partial charge in [0.2, 0.25) is 15.9 Å². The molecule has 0 saturated carbocycles. The summed E-state index contributed by atoms with van der Waals surface area (Å²) >= 11 is 0. The summed E-state index contributed by atoms with van der Waals surface area (Å²) in [5.74, 6) is -4.64. The molecule has 3 N–H and O–H groups in total. The second-order valence-electron chi connectivity index (χ2n) is 4.68. The first kappa shape index (κ1) is 21.1. The van der Waals surface area contributed by atoms with Crippen LogP contribution in [0.25, 0.3) is 0 Å². The van der Waals surface area contributed by atoms with Crippen LogP contribution in [0.3, 0.4) is 0 Å². The molecule has 0 aliphatic rings. The van der Waals surface area contributed by atoms with Crippen LogP contribution in [0.2, 0.25) is 0 Å². The summed E-state index contributed by atoms with van der Waals surface area (Å²) in [7, 11) is -8.97. The molecule has 25 heavy (non-hydrogen) atoms.